The number of amides is 2. The molecule has 2 rings (SSSR count). The lowest BCUT2D eigenvalue weighted by Crippen LogP contribution is -2.42. The van der Waals surface area contributed by atoms with Crippen LogP contribution in [0.3, 0.4) is 0 Å². The topological polar surface area (TPSA) is 49.9 Å². The van der Waals surface area contributed by atoms with E-state index in [4.69, 9.17) is 4.74 Å². The van der Waals surface area contributed by atoms with Crippen LogP contribution in [0.15, 0.2) is 30.3 Å². The highest BCUT2D eigenvalue weighted by atomic mass is 16.5. The van der Waals surface area contributed by atoms with Crippen molar-refractivity contribution >= 4 is 11.8 Å². The van der Waals surface area contributed by atoms with E-state index in [9.17, 15) is 9.59 Å². The molecule has 0 atom stereocenters. The van der Waals surface area contributed by atoms with Gasteiger partial charge in [-0.3, -0.25) is 9.59 Å². The third-order valence-electron chi connectivity index (χ3n) is 3.92. The van der Waals surface area contributed by atoms with E-state index >= 15 is 0 Å². The van der Waals surface area contributed by atoms with Crippen molar-refractivity contribution in [2.24, 2.45) is 0 Å². The maximum atomic E-state index is 12.1. The number of hydrogen-bond donors (Lipinski definition) is 0. The molecule has 5 nitrogen and oxygen atoms in total. The third-order valence-corrected chi connectivity index (χ3v) is 3.92. The van der Waals surface area contributed by atoms with Crippen molar-refractivity contribution in [1.29, 1.82) is 0 Å². The molecule has 0 radical (unpaired) electrons. The number of carbonyl (C=O) groups excluding carboxylic acids is 2. The Hall–Kier alpha value is -1.88. The van der Waals surface area contributed by atoms with Crippen molar-refractivity contribution in [2.45, 2.75) is 19.8 Å². The zero-order chi connectivity index (χ0) is 15.8. The Morgan fingerprint density at radius 2 is 1.82 bits per heavy atom. The van der Waals surface area contributed by atoms with E-state index in [1.165, 1.54) is 5.56 Å². The van der Waals surface area contributed by atoms with Gasteiger partial charge in [-0.15, -0.1) is 0 Å². The normalized spacial score (nSPS) is 14.7. The van der Waals surface area contributed by atoms with Gasteiger partial charge in [0.2, 0.25) is 11.8 Å². The molecule has 1 aliphatic rings. The molecule has 0 bridgehead atoms. The quantitative estimate of drug-likeness (QED) is 0.796. The second-order valence-corrected chi connectivity index (χ2v) is 5.48. The van der Waals surface area contributed by atoms with Crippen LogP contribution in [0, 0.1) is 0 Å². The fraction of sp³-hybridized carbons (Fsp3) is 0.529. The Labute approximate surface area is 131 Å². The van der Waals surface area contributed by atoms with E-state index in [0.717, 1.165) is 6.42 Å². The molecule has 1 fully saturated rings. The summed E-state index contributed by atoms with van der Waals surface area (Å²) in [5, 5.41) is 0. The lowest BCUT2D eigenvalue weighted by Gasteiger charge is -2.28. The van der Waals surface area contributed by atoms with E-state index in [1.807, 2.05) is 23.1 Å². The first kappa shape index (κ1) is 16.5. The minimum Gasteiger partial charge on any atom is -0.378 e. The van der Waals surface area contributed by atoms with Gasteiger partial charge in [-0.25, -0.2) is 0 Å². The standard InChI is InChI=1S/C17H24N2O3/c1-15(20)18(9-7-16-5-3-2-4-6-16)10-8-17(21)19-11-13-22-14-12-19/h2-6H,7-14H2,1H3. The summed E-state index contributed by atoms with van der Waals surface area (Å²) in [6.45, 7) is 5.22. The van der Waals surface area contributed by atoms with Crippen LogP contribution in [0.4, 0.5) is 0 Å². The molecular weight excluding hydrogens is 280 g/mol. The number of nitrogens with zero attached hydrogens (tertiary/aromatic N) is 2. The van der Waals surface area contributed by atoms with Gasteiger partial charge >= 0.3 is 0 Å². The Morgan fingerprint density at radius 1 is 1.14 bits per heavy atom. The summed E-state index contributed by atoms with van der Waals surface area (Å²) in [6.07, 6.45) is 1.19. The van der Waals surface area contributed by atoms with Crippen LogP contribution in [-0.4, -0.2) is 61.0 Å². The summed E-state index contributed by atoms with van der Waals surface area (Å²) >= 11 is 0. The molecule has 0 spiro atoms. The maximum Gasteiger partial charge on any atom is 0.224 e. The molecule has 1 aromatic rings. The van der Waals surface area contributed by atoms with Crippen LogP contribution in [0.5, 0.6) is 0 Å². The highest BCUT2D eigenvalue weighted by Gasteiger charge is 2.18. The van der Waals surface area contributed by atoms with Crippen molar-refractivity contribution in [3.05, 3.63) is 35.9 Å². The van der Waals surface area contributed by atoms with Gasteiger partial charge in [0.1, 0.15) is 0 Å². The molecule has 0 aromatic heterocycles. The van der Waals surface area contributed by atoms with Gasteiger partial charge in [-0.1, -0.05) is 30.3 Å². The maximum absolute atomic E-state index is 12.1. The molecular formula is C17H24N2O3. The van der Waals surface area contributed by atoms with Gasteiger partial charge in [0.25, 0.3) is 0 Å². The van der Waals surface area contributed by atoms with Crippen LogP contribution < -0.4 is 0 Å². The second kappa shape index (κ2) is 8.54. The molecule has 1 heterocycles. The van der Waals surface area contributed by atoms with Crippen molar-refractivity contribution < 1.29 is 14.3 Å². The first-order chi connectivity index (χ1) is 10.7. The van der Waals surface area contributed by atoms with Crippen LogP contribution in [-0.2, 0) is 20.7 Å². The minimum absolute atomic E-state index is 0.0192. The molecule has 1 aromatic carbocycles. The van der Waals surface area contributed by atoms with E-state index in [2.05, 4.69) is 12.1 Å². The highest BCUT2D eigenvalue weighted by molar-refractivity contribution is 5.78. The highest BCUT2D eigenvalue weighted by Crippen LogP contribution is 2.05. The molecule has 0 saturated carbocycles. The minimum atomic E-state index is 0.0192. The monoisotopic (exact) mass is 304 g/mol. The molecule has 22 heavy (non-hydrogen) atoms. The van der Waals surface area contributed by atoms with Gasteiger partial charge in [0, 0.05) is 39.5 Å². The average molecular weight is 304 g/mol. The van der Waals surface area contributed by atoms with Crippen molar-refractivity contribution in [2.75, 3.05) is 39.4 Å². The lowest BCUT2D eigenvalue weighted by molar-refractivity contribution is -0.136. The molecule has 0 unspecified atom stereocenters. The fourth-order valence-corrected chi connectivity index (χ4v) is 2.54. The van der Waals surface area contributed by atoms with Crippen LogP contribution in [0.1, 0.15) is 18.9 Å². The second-order valence-electron chi connectivity index (χ2n) is 5.48. The molecule has 2 amide bonds. The van der Waals surface area contributed by atoms with Crippen molar-refractivity contribution in [3.8, 4) is 0 Å². The summed E-state index contributed by atoms with van der Waals surface area (Å²) < 4.78 is 5.24. The smallest absolute Gasteiger partial charge is 0.224 e. The number of morpholine rings is 1. The summed E-state index contributed by atoms with van der Waals surface area (Å²) in [5.41, 5.74) is 1.20. The number of hydrogen-bond acceptors (Lipinski definition) is 3. The van der Waals surface area contributed by atoms with E-state index in [-0.39, 0.29) is 11.8 Å². The zero-order valence-electron chi connectivity index (χ0n) is 13.2. The molecule has 5 heteroatoms. The average Bonchev–Trinajstić information content (AvgIpc) is 2.56. The van der Waals surface area contributed by atoms with Gasteiger partial charge in [0.05, 0.1) is 13.2 Å². The Bertz CT molecular complexity index is 484. The number of rotatable bonds is 6. The van der Waals surface area contributed by atoms with Crippen LogP contribution in [0.25, 0.3) is 0 Å². The Kier molecular flexibility index (Phi) is 6.40. The largest absolute Gasteiger partial charge is 0.378 e. The summed E-state index contributed by atoms with van der Waals surface area (Å²) in [6, 6.07) is 10.1. The fourth-order valence-electron chi connectivity index (χ4n) is 2.54. The molecule has 0 N–H and O–H groups in total. The Balaban J connectivity index is 1.78. The molecule has 1 aliphatic heterocycles. The van der Waals surface area contributed by atoms with Gasteiger partial charge < -0.3 is 14.5 Å². The third kappa shape index (κ3) is 5.15. The molecule has 120 valence electrons. The number of carbonyl (C=O) groups is 2. The van der Waals surface area contributed by atoms with Crippen molar-refractivity contribution in [3.63, 3.8) is 0 Å². The first-order valence-electron chi connectivity index (χ1n) is 7.82. The number of ether oxygens (including phenoxy) is 1. The summed E-state index contributed by atoms with van der Waals surface area (Å²) in [4.78, 5) is 27.4. The molecule has 0 aliphatic carbocycles. The van der Waals surface area contributed by atoms with Crippen LogP contribution >= 0.6 is 0 Å². The van der Waals surface area contributed by atoms with Gasteiger partial charge in [-0.05, 0) is 12.0 Å². The summed E-state index contributed by atoms with van der Waals surface area (Å²) in [7, 11) is 0. The van der Waals surface area contributed by atoms with Gasteiger partial charge in [-0.2, -0.15) is 0 Å². The first-order valence-corrected chi connectivity index (χ1v) is 7.82. The lowest BCUT2D eigenvalue weighted by atomic mass is 10.1. The summed E-state index contributed by atoms with van der Waals surface area (Å²) in [5.74, 6) is 0.125. The predicted octanol–water partition coefficient (Wildman–Crippen LogP) is 1.33. The van der Waals surface area contributed by atoms with E-state index in [0.29, 0.717) is 45.8 Å². The predicted molar refractivity (Wildman–Crippen MR) is 84.4 cm³/mol. The molecule has 1 saturated heterocycles. The van der Waals surface area contributed by atoms with Gasteiger partial charge in [0.15, 0.2) is 0 Å². The van der Waals surface area contributed by atoms with Crippen molar-refractivity contribution in [1.82, 2.24) is 9.80 Å². The van der Waals surface area contributed by atoms with Crippen LogP contribution in [0.2, 0.25) is 0 Å². The van der Waals surface area contributed by atoms with E-state index in [1.54, 1.807) is 11.8 Å². The van der Waals surface area contributed by atoms with E-state index < -0.39 is 0 Å². The Morgan fingerprint density at radius 3 is 2.45 bits per heavy atom. The zero-order valence-corrected chi connectivity index (χ0v) is 13.2. The number of benzene rings is 1. The SMILES string of the molecule is CC(=O)N(CCC(=O)N1CCOCC1)CCc1ccccc1.